The third-order valence-corrected chi connectivity index (χ3v) is 5.70. The van der Waals surface area contributed by atoms with Gasteiger partial charge in [-0.2, -0.15) is 0 Å². The maximum absolute atomic E-state index is 12.3. The summed E-state index contributed by atoms with van der Waals surface area (Å²) in [5.41, 5.74) is -1.14. The van der Waals surface area contributed by atoms with Crippen LogP contribution in [0.1, 0.15) is 52.4 Å². The summed E-state index contributed by atoms with van der Waals surface area (Å²) in [4.78, 5) is 25.5. The number of rotatable bonds is 6. The predicted octanol–water partition coefficient (Wildman–Crippen LogP) is 2.71. The number of nitrogens with one attached hydrogen (secondary N) is 1. The summed E-state index contributed by atoms with van der Waals surface area (Å²) in [5.74, 6) is 1.28. The number of hydrogen-bond donors (Lipinski definition) is 2. The summed E-state index contributed by atoms with van der Waals surface area (Å²) in [7, 11) is 1.78. The van der Waals surface area contributed by atoms with E-state index in [1.165, 1.54) is 25.7 Å². The van der Waals surface area contributed by atoms with E-state index in [2.05, 4.69) is 5.32 Å². The second-order valence-corrected chi connectivity index (χ2v) is 6.84. The molecule has 0 aromatic rings. The lowest BCUT2D eigenvalue weighted by molar-refractivity contribution is -0.144. The zero-order valence-corrected chi connectivity index (χ0v) is 13.4. The Hall–Kier alpha value is -1.26. The SMILES string of the molecule is CCC(CC)(NC(=O)N(C)CC1CC2CCC1C2)C(=O)O. The van der Waals surface area contributed by atoms with Crippen LogP contribution in [0.3, 0.4) is 0 Å². The van der Waals surface area contributed by atoms with Crippen LogP contribution in [-0.4, -0.2) is 41.1 Å². The topological polar surface area (TPSA) is 69.6 Å². The molecule has 2 saturated carbocycles. The zero-order valence-electron chi connectivity index (χ0n) is 13.4. The van der Waals surface area contributed by atoms with E-state index in [9.17, 15) is 14.7 Å². The van der Waals surface area contributed by atoms with Crippen molar-refractivity contribution in [1.29, 1.82) is 0 Å². The Morgan fingerprint density at radius 3 is 2.33 bits per heavy atom. The number of urea groups is 1. The van der Waals surface area contributed by atoms with E-state index >= 15 is 0 Å². The summed E-state index contributed by atoms with van der Waals surface area (Å²) in [6, 6.07) is -0.260. The molecule has 2 fully saturated rings. The number of amides is 2. The summed E-state index contributed by atoms with van der Waals surface area (Å²) in [6.07, 6.45) is 5.99. The smallest absolute Gasteiger partial charge is 0.329 e. The number of carbonyl (C=O) groups excluding carboxylic acids is 1. The monoisotopic (exact) mass is 296 g/mol. The van der Waals surface area contributed by atoms with Crippen molar-refractivity contribution in [2.45, 2.75) is 57.9 Å². The number of carboxylic acids is 1. The maximum atomic E-state index is 12.3. The number of carbonyl (C=O) groups is 2. The average Bonchev–Trinajstić information content (AvgIpc) is 3.06. The van der Waals surface area contributed by atoms with Crippen LogP contribution in [0.25, 0.3) is 0 Å². The van der Waals surface area contributed by atoms with Gasteiger partial charge < -0.3 is 15.3 Å². The van der Waals surface area contributed by atoms with E-state index in [-0.39, 0.29) is 6.03 Å². The highest BCUT2D eigenvalue weighted by Gasteiger charge is 2.41. The van der Waals surface area contributed by atoms with Gasteiger partial charge in [0.05, 0.1) is 0 Å². The molecule has 0 aromatic carbocycles. The first-order valence-electron chi connectivity index (χ1n) is 8.18. The summed E-state index contributed by atoms with van der Waals surface area (Å²) < 4.78 is 0. The largest absolute Gasteiger partial charge is 0.480 e. The van der Waals surface area contributed by atoms with Gasteiger partial charge in [0.2, 0.25) is 0 Å². The van der Waals surface area contributed by atoms with Gasteiger partial charge in [0.1, 0.15) is 5.54 Å². The lowest BCUT2D eigenvalue weighted by Gasteiger charge is -2.32. The molecule has 0 heterocycles. The Labute approximate surface area is 127 Å². The van der Waals surface area contributed by atoms with E-state index in [0.29, 0.717) is 18.8 Å². The normalized spacial score (nSPS) is 27.7. The van der Waals surface area contributed by atoms with Gasteiger partial charge in [-0.3, -0.25) is 0 Å². The molecule has 2 rings (SSSR count). The Morgan fingerprint density at radius 2 is 1.90 bits per heavy atom. The van der Waals surface area contributed by atoms with Crippen LogP contribution >= 0.6 is 0 Å². The Bertz CT molecular complexity index is 406. The van der Waals surface area contributed by atoms with Gasteiger partial charge in [-0.05, 0) is 49.9 Å². The highest BCUT2D eigenvalue weighted by molar-refractivity contribution is 5.86. The molecule has 5 nitrogen and oxygen atoms in total. The van der Waals surface area contributed by atoms with E-state index in [0.717, 1.165) is 18.4 Å². The third kappa shape index (κ3) is 3.16. The van der Waals surface area contributed by atoms with Crippen molar-refractivity contribution in [3.05, 3.63) is 0 Å². The molecule has 0 saturated heterocycles. The molecular weight excluding hydrogens is 268 g/mol. The molecule has 3 atom stereocenters. The number of carboxylic acid groups (broad SMARTS) is 1. The van der Waals surface area contributed by atoms with Crippen LogP contribution < -0.4 is 5.32 Å². The molecule has 2 N–H and O–H groups in total. The van der Waals surface area contributed by atoms with Gasteiger partial charge in [0.25, 0.3) is 0 Å². The van der Waals surface area contributed by atoms with Gasteiger partial charge in [0, 0.05) is 13.6 Å². The first-order chi connectivity index (χ1) is 9.91. The van der Waals surface area contributed by atoms with Crippen LogP contribution in [-0.2, 0) is 4.79 Å². The first-order valence-corrected chi connectivity index (χ1v) is 8.18. The van der Waals surface area contributed by atoms with Crippen molar-refractivity contribution in [1.82, 2.24) is 10.2 Å². The molecule has 2 aliphatic carbocycles. The molecule has 2 amide bonds. The average molecular weight is 296 g/mol. The molecule has 3 unspecified atom stereocenters. The van der Waals surface area contributed by atoms with Gasteiger partial charge in [0.15, 0.2) is 0 Å². The van der Waals surface area contributed by atoms with Gasteiger partial charge in [-0.1, -0.05) is 20.3 Å². The Morgan fingerprint density at radius 1 is 1.24 bits per heavy atom. The standard InChI is InChI=1S/C16H28N2O3/c1-4-16(5-2,14(19)20)17-15(21)18(3)10-13-9-11-6-7-12(13)8-11/h11-13H,4-10H2,1-3H3,(H,17,21)(H,19,20). The molecule has 0 radical (unpaired) electrons. The molecule has 120 valence electrons. The quantitative estimate of drug-likeness (QED) is 0.791. The van der Waals surface area contributed by atoms with Crippen LogP contribution in [0.4, 0.5) is 4.79 Å². The maximum Gasteiger partial charge on any atom is 0.329 e. The highest BCUT2D eigenvalue weighted by Crippen LogP contribution is 2.48. The van der Waals surface area contributed by atoms with Crippen molar-refractivity contribution in [3.8, 4) is 0 Å². The zero-order chi connectivity index (χ0) is 15.6. The molecule has 5 heteroatoms. The number of nitrogens with zero attached hydrogens (tertiary/aromatic N) is 1. The third-order valence-electron chi connectivity index (χ3n) is 5.70. The fourth-order valence-corrected chi connectivity index (χ4v) is 4.12. The van der Waals surface area contributed by atoms with Gasteiger partial charge >= 0.3 is 12.0 Å². The van der Waals surface area contributed by atoms with Gasteiger partial charge in [-0.25, -0.2) is 9.59 Å². The summed E-state index contributed by atoms with van der Waals surface area (Å²) in [5, 5.41) is 12.1. The number of aliphatic carboxylic acids is 1. The minimum absolute atomic E-state index is 0.260. The Balaban J connectivity index is 1.91. The van der Waals surface area contributed by atoms with E-state index in [4.69, 9.17) is 0 Å². The lowest BCUT2D eigenvalue weighted by atomic mass is 9.88. The van der Waals surface area contributed by atoms with Crippen LogP contribution in [0.2, 0.25) is 0 Å². The van der Waals surface area contributed by atoms with Crippen molar-refractivity contribution < 1.29 is 14.7 Å². The first kappa shape index (κ1) is 16.1. The molecule has 2 bridgehead atoms. The molecule has 2 aliphatic rings. The van der Waals surface area contributed by atoms with E-state index in [1.807, 2.05) is 0 Å². The second kappa shape index (κ2) is 6.24. The fraction of sp³-hybridized carbons (Fsp3) is 0.875. The minimum Gasteiger partial charge on any atom is -0.480 e. The van der Waals surface area contributed by atoms with Crippen molar-refractivity contribution in [3.63, 3.8) is 0 Å². The Kier molecular flexibility index (Phi) is 4.79. The summed E-state index contributed by atoms with van der Waals surface area (Å²) >= 11 is 0. The molecular formula is C16H28N2O3. The van der Waals surface area contributed by atoms with Crippen molar-refractivity contribution in [2.24, 2.45) is 17.8 Å². The minimum atomic E-state index is -1.14. The number of hydrogen-bond acceptors (Lipinski definition) is 2. The van der Waals surface area contributed by atoms with Gasteiger partial charge in [-0.15, -0.1) is 0 Å². The molecule has 21 heavy (non-hydrogen) atoms. The van der Waals surface area contributed by atoms with Crippen molar-refractivity contribution >= 4 is 12.0 Å². The molecule has 0 spiro atoms. The van der Waals surface area contributed by atoms with Crippen LogP contribution in [0, 0.1) is 17.8 Å². The number of fused-ring (bicyclic) bond motifs is 2. The molecule has 0 aromatic heterocycles. The van der Waals surface area contributed by atoms with Crippen LogP contribution in [0.5, 0.6) is 0 Å². The van der Waals surface area contributed by atoms with Crippen molar-refractivity contribution in [2.75, 3.05) is 13.6 Å². The lowest BCUT2D eigenvalue weighted by Crippen LogP contribution is -2.57. The fourth-order valence-electron chi connectivity index (χ4n) is 4.12. The second-order valence-electron chi connectivity index (χ2n) is 6.84. The van der Waals surface area contributed by atoms with Crippen LogP contribution in [0.15, 0.2) is 0 Å². The van der Waals surface area contributed by atoms with E-state index < -0.39 is 11.5 Å². The molecule has 0 aliphatic heterocycles. The highest BCUT2D eigenvalue weighted by atomic mass is 16.4. The van der Waals surface area contributed by atoms with E-state index in [1.54, 1.807) is 25.8 Å². The predicted molar refractivity (Wildman–Crippen MR) is 81.0 cm³/mol. The summed E-state index contributed by atoms with van der Waals surface area (Å²) in [6.45, 7) is 4.35.